The molecule has 3 N–H and O–H groups in total. The summed E-state index contributed by atoms with van der Waals surface area (Å²) in [7, 11) is 0. The summed E-state index contributed by atoms with van der Waals surface area (Å²) in [5, 5.41) is 20.4. The Bertz CT molecular complexity index is 449. The molecule has 138 valence electrons. The molecule has 8 heteroatoms. The van der Waals surface area contributed by atoms with Crippen molar-refractivity contribution < 1.29 is 19.8 Å². The summed E-state index contributed by atoms with van der Waals surface area (Å²) >= 11 is 0. The fourth-order valence-corrected chi connectivity index (χ4v) is 3.56. The Labute approximate surface area is 143 Å². The van der Waals surface area contributed by atoms with Crippen LogP contribution < -0.4 is 5.43 Å². The third-order valence-corrected chi connectivity index (χ3v) is 4.91. The summed E-state index contributed by atoms with van der Waals surface area (Å²) in [5.74, 6) is 0. The molecule has 0 saturated carbocycles. The number of carbonyl (C=O) groups is 2. The van der Waals surface area contributed by atoms with E-state index in [0.717, 1.165) is 25.7 Å². The van der Waals surface area contributed by atoms with Gasteiger partial charge in [-0.2, -0.15) is 0 Å². The van der Waals surface area contributed by atoms with E-state index in [1.807, 2.05) is 0 Å². The van der Waals surface area contributed by atoms with Crippen LogP contribution in [0.5, 0.6) is 0 Å². The lowest BCUT2D eigenvalue weighted by Crippen LogP contribution is -2.62. The summed E-state index contributed by atoms with van der Waals surface area (Å²) in [6.07, 6.45) is 1.53. The van der Waals surface area contributed by atoms with Gasteiger partial charge < -0.3 is 20.0 Å². The number of nitrogens with one attached hydrogen (secondary N) is 1. The predicted octanol–water partition coefficient (Wildman–Crippen LogP) is 1.88. The fraction of sp³-hybridized carbons (Fsp3) is 0.875. The molecule has 0 atom stereocenters. The first-order valence-corrected chi connectivity index (χ1v) is 8.69. The van der Waals surface area contributed by atoms with Crippen LogP contribution in [0.1, 0.15) is 46.5 Å². The maximum atomic E-state index is 11.1. The molecule has 0 spiro atoms. The van der Waals surface area contributed by atoms with E-state index < -0.39 is 12.2 Å². The quantitative estimate of drug-likeness (QED) is 0.678. The number of hydrazine groups is 1. The van der Waals surface area contributed by atoms with Crippen LogP contribution in [0.3, 0.4) is 0 Å². The molecule has 2 aliphatic heterocycles. The summed E-state index contributed by atoms with van der Waals surface area (Å²) in [4.78, 5) is 25.0. The molecule has 2 heterocycles. The van der Waals surface area contributed by atoms with E-state index in [2.05, 4.69) is 31.2 Å². The molecule has 2 saturated heterocycles. The van der Waals surface area contributed by atoms with Crippen LogP contribution in [0.4, 0.5) is 9.59 Å². The molecule has 0 bridgehead atoms. The van der Waals surface area contributed by atoms with E-state index in [1.54, 1.807) is 0 Å². The molecule has 2 aliphatic rings. The number of likely N-dealkylation sites (tertiary alicyclic amines) is 2. The topological polar surface area (TPSA) is 96.4 Å². The number of nitrogens with zero attached hydrogens (tertiary/aromatic N) is 3. The Morgan fingerprint density at radius 1 is 0.917 bits per heavy atom. The largest absolute Gasteiger partial charge is 0.465 e. The van der Waals surface area contributed by atoms with Gasteiger partial charge in [-0.25, -0.2) is 14.6 Å². The Morgan fingerprint density at radius 3 is 1.71 bits per heavy atom. The van der Waals surface area contributed by atoms with Gasteiger partial charge in [-0.15, -0.1) is 0 Å². The van der Waals surface area contributed by atoms with Crippen molar-refractivity contribution in [3.63, 3.8) is 0 Å². The number of piperidine rings is 2. The average molecular weight is 342 g/mol. The second-order valence-corrected chi connectivity index (χ2v) is 7.71. The van der Waals surface area contributed by atoms with Gasteiger partial charge in [-0.3, -0.25) is 5.43 Å². The second-order valence-electron chi connectivity index (χ2n) is 7.71. The third kappa shape index (κ3) is 4.73. The zero-order valence-electron chi connectivity index (χ0n) is 14.9. The number of amides is 2. The first-order chi connectivity index (χ1) is 11.2. The molecule has 8 nitrogen and oxygen atoms in total. The van der Waals surface area contributed by atoms with Gasteiger partial charge in [-0.05, 0) is 46.5 Å². The highest BCUT2D eigenvalue weighted by Crippen LogP contribution is 2.24. The van der Waals surface area contributed by atoms with E-state index in [9.17, 15) is 9.59 Å². The van der Waals surface area contributed by atoms with E-state index in [4.69, 9.17) is 10.2 Å². The Morgan fingerprint density at radius 2 is 1.33 bits per heavy atom. The van der Waals surface area contributed by atoms with Crippen LogP contribution >= 0.6 is 0 Å². The highest BCUT2D eigenvalue weighted by Gasteiger charge is 2.35. The summed E-state index contributed by atoms with van der Waals surface area (Å²) < 4.78 is 0. The number of hydrogen-bond acceptors (Lipinski definition) is 4. The van der Waals surface area contributed by atoms with Crippen molar-refractivity contribution >= 4 is 12.2 Å². The SMILES string of the molecule is CC(C)(C)N(NC1CCN(C(=O)O)CC1)C1CCN(C(=O)O)CC1. The molecule has 0 radical (unpaired) electrons. The lowest BCUT2D eigenvalue weighted by molar-refractivity contribution is -0.0239. The molecular weight excluding hydrogens is 312 g/mol. The van der Waals surface area contributed by atoms with Crippen molar-refractivity contribution in [1.82, 2.24) is 20.2 Å². The van der Waals surface area contributed by atoms with Crippen LogP contribution in [0.25, 0.3) is 0 Å². The zero-order chi connectivity index (χ0) is 17.9. The van der Waals surface area contributed by atoms with Gasteiger partial charge >= 0.3 is 12.2 Å². The van der Waals surface area contributed by atoms with Gasteiger partial charge in [-0.1, -0.05) is 0 Å². The van der Waals surface area contributed by atoms with Crippen LogP contribution in [-0.2, 0) is 0 Å². The van der Waals surface area contributed by atoms with Gasteiger partial charge in [0.2, 0.25) is 0 Å². The first kappa shape index (κ1) is 18.8. The summed E-state index contributed by atoms with van der Waals surface area (Å²) in [6, 6.07) is 0.551. The number of hydrogen-bond donors (Lipinski definition) is 3. The molecule has 24 heavy (non-hydrogen) atoms. The van der Waals surface area contributed by atoms with Crippen molar-refractivity contribution in [1.29, 1.82) is 0 Å². The molecular formula is C16H30N4O4. The van der Waals surface area contributed by atoms with Gasteiger partial charge in [0.15, 0.2) is 0 Å². The predicted molar refractivity (Wildman–Crippen MR) is 90.0 cm³/mol. The fourth-order valence-electron chi connectivity index (χ4n) is 3.56. The average Bonchev–Trinajstić information content (AvgIpc) is 2.52. The maximum Gasteiger partial charge on any atom is 0.407 e. The minimum atomic E-state index is -0.845. The minimum Gasteiger partial charge on any atom is -0.465 e. The molecule has 0 aromatic heterocycles. The van der Waals surface area contributed by atoms with Crippen LogP contribution in [0.2, 0.25) is 0 Å². The van der Waals surface area contributed by atoms with E-state index in [0.29, 0.717) is 26.2 Å². The molecule has 2 rings (SSSR count). The highest BCUT2D eigenvalue weighted by atomic mass is 16.4. The number of carboxylic acid groups (broad SMARTS) is 2. The van der Waals surface area contributed by atoms with Crippen LogP contribution in [0, 0.1) is 0 Å². The summed E-state index contributed by atoms with van der Waals surface area (Å²) in [6.45, 7) is 8.68. The van der Waals surface area contributed by atoms with Gasteiger partial charge in [0.1, 0.15) is 0 Å². The molecule has 0 aromatic rings. The highest BCUT2D eigenvalue weighted by molar-refractivity contribution is 5.65. The van der Waals surface area contributed by atoms with Gasteiger partial charge in [0, 0.05) is 43.8 Å². The van der Waals surface area contributed by atoms with Crippen molar-refractivity contribution in [2.24, 2.45) is 0 Å². The molecule has 2 fully saturated rings. The van der Waals surface area contributed by atoms with Crippen LogP contribution in [-0.4, -0.2) is 81.0 Å². The lowest BCUT2D eigenvalue weighted by Gasteiger charge is -2.47. The molecule has 0 unspecified atom stereocenters. The summed E-state index contributed by atoms with van der Waals surface area (Å²) in [5.41, 5.74) is 3.53. The van der Waals surface area contributed by atoms with Crippen molar-refractivity contribution in [3.05, 3.63) is 0 Å². The number of rotatable bonds is 3. The Balaban J connectivity index is 1.93. The normalized spacial score (nSPS) is 21.3. The lowest BCUT2D eigenvalue weighted by atomic mass is 9.98. The zero-order valence-corrected chi connectivity index (χ0v) is 14.9. The van der Waals surface area contributed by atoms with Crippen molar-refractivity contribution in [2.75, 3.05) is 26.2 Å². The molecule has 2 amide bonds. The third-order valence-electron chi connectivity index (χ3n) is 4.91. The maximum absolute atomic E-state index is 11.1. The van der Waals surface area contributed by atoms with Crippen LogP contribution in [0.15, 0.2) is 0 Å². The van der Waals surface area contributed by atoms with E-state index in [-0.39, 0.29) is 17.6 Å². The molecule has 0 aromatic carbocycles. The van der Waals surface area contributed by atoms with Crippen molar-refractivity contribution in [2.45, 2.75) is 64.1 Å². The minimum absolute atomic E-state index is 0.0833. The monoisotopic (exact) mass is 342 g/mol. The van der Waals surface area contributed by atoms with E-state index >= 15 is 0 Å². The van der Waals surface area contributed by atoms with Gasteiger partial charge in [0.25, 0.3) is 0 Å². The smallest absolute Gasteiger partial charge is 0.407 e. The standard InChI is InChI=1S/C16H30N4O4/c1-16(2,3)20(13-6-10-19(11-7-13)15(23)24)17-12-4-8-18(9-5-12)14(21)22/h12-13,17H,4-11H2,1-3H3,(H,21,22)(H,23,24). The molecule has 0 aliphatic carbocycles. The van der Waals surface area contributed by atoms with E-state index in [1.165, 1.54) is 9.80 Å². The van der Waals surface area contributed by atoms with Gasteiger partial charge in [0.05, 0.1) is 0 Å². The van der Waals surface area contributed by atoms with Crippen molar-refractivity contribution in [3.8, 4) is 0 Å². The Hall–Kier alpha value is -1.54. The first-order valence-electron chi connectivity index (χ1n) is 8.69. The second kappa shape index (κ2) is 7.57. The Kier molecular flexibility index (Phi) is 5.92.